The number of carbonyl (C=O) groups excluding carboxylic acids is 1. The van der Waals surface area contributed by atoms with Gasteiger partial charge in [-0.15, -0.1) is 0 Å². The quantitative estimate of drug-likeness (QED) is 0.773. The Balaban J connectivity index is 1.72. The SMILES string of the molecule is CN(Cc1nc2ccccc2[nH]1)C(=O)Cc1c(Cl)cccc1Cl. The van der Waals surface area contributed by atoms with Gasteiger partial charge in [-0.05, 0) is 29.8 Å². The number of aromatic nitrogens is 2. The lowest BCUT2D eigenvalue weighted by atomic mass is 10.1. The predicted octanol–water partition coefficient (Wildman–Crippen LogP) is 4.07. The minimum atomic E-state index is -0.0690. The maximum Gasteiger partial charge on any atom is 0.227 e. The van der Waals surface area contributed by atoms with Gasteiger partial charge in [0.05, 0.1) is 24.0 Å². The molecule has 1 amide bonds. The molecule has 0 bridgehead atoms. The highest BCUT2D eigenvalue weighted by molar-refractivity contribution is 6.36. The zero-order valence-electron chi connectivity index (χ0n) is 12.5. The molecule has 3 rings (SSSR count). The smallest absolute Gasteiger partial charge is 0.227 e. The van der Waals surface area contributed by atoms with E-state index in [1.165, 1.54) is 0 Å². The molecule has 23 heavy (non-hydrogen) atoms. The number of carbonyl (C=O) groups is 1. The van der Waals surface area contributed by atoms with Gasteiger partial charge in [0.2, 0.25) is 5.91 Å². The molecule has 0 aliphatic heterocycles. The molecule has 0 fully saturated rings. The van der Waals surface area contributed by atoms with Crippen LogP contribution in [0.4, 0.5) is 0 Å². The van der Waals surface area contributed by atoms with Crippen LogP contribution in [0.15, 0.2) is 42.5 Å². The van der Waals surface area contributed by atoms with E-state index in [4.69, 9.17) is 23.2 Å². The topological polar surface area (TPSA) is 49.0 Å². The van der Waals surface area contributed by atoms with Crippen LogP contribution in [-0.4, -0.2) is 27.8 Å². The number of imidazole rings is 1. The van der Waals surface area contributed by atoms with Crippen LogP contribution in [0.1, 0.15) is 11.4 Å². The Morgan fingerprint density at radius 2 is 1.83 bits per heavy atom. The first-order chi connectivity index (χ1) is 11.0. The van der Waals surface area contributed by atoms with Gasteiger partial charge in [0.1, 0.15) is 5.82 Å². The highest BCUT2D eigenvalue weighted by atomic mass is 35.5. The van der Waals surface area contributed by atoms with Crippen molar-refractivity contribution in [3.63, 3.8) is 0 Å². The molecular weight excluding hydrogens is 333 g/mol. The van der Waals surface area contributed by atoms with Gasteiger partial charge in [0, 0.05) is 17.1 Å². The van der Waals surface area contributed by atoms with Gasteiger partial charge < -0.3 is 9.88 Å². The Bertz CT molecular complexity index is 807. The van der Waals surface area contributed by atoms with Gasteiger partial charge in [-0.25, -0.2) is 4.98 Å². The maximum absolute atomic E-state index is 12.4. The molecule has 0 aliphatic rings. The fraction of sp³-hybridized carbons (Fsp3) is 0.176. The second kappa shape index (κ2) is 6.60. The van der Waals surface area contributed by atoms with Gasteiger partial charge in [-0.2, -0.15) is 0 Å². The summed E-state index contributed by atoms with van der Waals surface area (Å²) in [4.78, 5) is 21.7. The minimum absolute atomic E-state index is 0.0690. The first-order valence-electron chi connectivity index (χ1n) is 7.15. The lowest BCUT2D eigenvalue weighted by Gasteiger charge is -2.16. The van der Waals surface area contributed by atoms with Crippen molar-refractivity contribution < 1.29 is 4.79 Å². The van der Waals surface area contributed by atoms with E-state index < -0.39 is 0 Å². The molecule has 0 spiro atoms. The lowest BCUT2D eigenvalue weighted by Crippen LogP contribution is -2.28. The van der Waals surface area contributed by atoms with Crippen molar-refractivity contribution in [3.8, 4) is 0 Å². The van der Waals surface area contributed by atoms with E-state index in [1.54, 1.807) is 30.1 Å². The zero-order chi connectivity index (χ0) is 16.4. The molecule has 1 aromatic heterocycles. The monoisotopic (exact) mass is 347 g/mol. The molecule has 118 valence electrons. The van der Waals surface area contributed by atoms with E-state index in [9.17, 15) is 4.79 Å². The summed E-state index contributed by atoms with van der Waals surface area (Å²) in [6, 6.07) is 13.0. The average molecular weight is 348 g/mol. The van der Waals surface area contributed by atoms with Crippen LogP contribution in [0.2, 0.25) is 10.0 Å². The van der Waals surface area contributed by atoms with Gasteiger partial charge in [0.15, 0.2) is 0 Å². The van der Waals surface area contributed by atoms with Crippen LogP contribution in [0, 0.1) is 0 Å². The number of hydrogen-bond acceptors (Lipinski definition) is 2. The molecule has 4 nitrogen and oxygen atoms in total. The fourth-order valence-corrected chi connectivity index (χ4v) is 2.91. The summed E-state index contributed by atoms with van der Waals surface area (Å²) < 4.78 is 0. The Hall–Kier alpha value is -2.04. The molecule has 0 saturated heterocycles. The summed E-state index contributed by atoms with van der Waals surface area (Å²) in [5.74, 6) is 0.674. The van der Waals surface area contributed by atoms with Crippen molar-refractivity contribution in [2.24, 2.45) is 0 Å². The van der Waals surface area contributed by atoms with Crippen LogP contribution in [-0.2, 0) is 17.8 Å². The number of likely N-dealkylation sites (N-methyl/N-ethyl adjacent to an activating group) is 1. The second-order valence-corrected chi connectivity index (χ2v) is 6.14. The Kier molecular flexibility index (Phi) is 4.55. The highest BCUT2D eigenvalue weighted by Gasteiger charge is 2.16. The predicted molar refractivity (Wildman–Crippen MR) is 92.7 cm³/mol. The molecule has 0 saturated carbocycles. The van der Waals surface area contributed by atoms with Gasteiger partial charge in [-0.1, -0.05) is 41.4 Å². The number of rotatable bonds is 4. The lowest BCUT2D eigenvalue weighted by molar-refractivity contribution is -0.129. The molecule has 0 atom stereocenters. The zero-order valence-corrected chi connectivity index (χ0v) is 14.0. The summed E-state index contributed by atoms with van der Waals surface area (Å²) in [5, 5.41) is 1.01. The summed E-state index contributed by atoms with van der Waals surface area (Å²) in [5.41, 5.74) is 2.49. The van der Waals surface area contributed by atoms with E-state index >= 15 is 0 Å². The van der Waals surface area contributed by atoms with Crippen molar-refractivity contribution in [1.82, 2.24) is 14.9 Å². The summed E-state index contributed by atoms with van der Waals surface area (Å²) in [7, 11) is 1.74. The minimum Gasteiger partial charge on any atom is -0.340 e. The summed E-state index contributed by atoms with van der Waals surface area (Å²) >= 11 is 12.2. The number of nitrogens with zero attached hydrogens (tertiary/aromatic N) is 2. The van der Waals surface area contributed by atoms with E-state index in [1.807, 2.05) is 24.3 Å². The molecule has 3 aromatic rings. The third kappa shape index (κ3) is 3.49. The van der Waals surface area contributed by atoms with Gasteiger partial charge in [0.25, 0.3) is 0 Å². The number of hydrogen-bond donors (Lipinski definition) is 1. The van der Waals surface area contributed by atoms with E-state index in [2.05, 4.69) is 9.97 Å². The number of benzene rings is 2. The number of halogens is 2. The van der Waals surface area contributed by atoms with Crippen LogP contribution in [0.25, 0.3) is 11.0 Å². The van der Waals surface area contributed by atoms with Crippen molar-refractivity contribution >= 4 is 40.1 Å². The average Bonchev–Trinajstić information content (AvgIpc) is 2.93. The number of para-hydroxylation sites is 2. The second-order valence-electron chi connectivity index (χ2n) is 5.33. The number of H-pyrrole nitrogens is 1. The molecule has 0 radical (unpaired) electrons. The Morgan fingerprint density at radius 3 is 2.52 bits per heavy atom. The molecular formula is C17H15Cl2N3O. The van der Waals surface area contributed by atoms with Crippen molar-refractivity contribution in [2.45, 2.75) is 13.0 Å². The molecule has 6 heteroatoms. The molecule has 0 unspecified atom stereocenters. The van der Waals surface area contributed by atoms with Crippen molar-refractivity contribution in [2.75, 3.05) is 7.05 Å². The number of nitrogens with one attached hydrogen (secondary N) is 1. The Morgan fingerprint density at radius 1 is 1.13 bits per heavy atom. The van der Waals surface area contributed by atoms with Crippen LogP contribution >= 0.6 is 23.2 Å². The highest BCUT2D eigenvalue weighted by Crippen LogP contribution is 2.25. The van der Waals surface area contributed by atoms with Gasteiger partial charge >= 0.3 is 0 Å². The van der Waals surface area contributed by atoms with E-state index in [0.717, 1.165) is 16.9 Å². The normalized spacial score (nSPS) is 10.9. The van der Waals surface area contributed by atoms with Crippen molar-refractivity contribution in [1.29, 1.82) is 0 Å². The number of fused-ring (bicyclic) bond motifs is 1. The van der Waals surface area contributed by atoms with Crippen molar-refractivity contribution in [3.05, 3.63) is 63.9 Å². The molecule has 1 heterocycles. The third-order valence-corrected chi connectivity index (χ3v) is 4.35. The third-order valence-electron chi connectivity index (χ3n) is 3.64. The van der Waals surface area contributed by atoms with Gasteiger partial charge in [-0.3, -0.25) is 4.79 Å². The molecule has 1 N–H and O–H groups in total. The van der Waals surface area contributed by atoms with Crippen LogP contribution in [0.5, 0.6) is 0 Å². The van der Waals surface area contributed by atoms with E-state index in [-0.39, 0.29) is 12.3 Å². The van der Waals surface area contributed by atoms with E-state index in [0.29, 0.717) is 22.2 Å². The first kappa shape index (κ1) is 15.8. The Labute approximate surface area is 144 Å². The number of amides is 1. The number of aromatic amines is 1. The largest absolute Gasteiger partial charge is 0.340 e. The summed E-state index contributed by atoms with van der Waals surface area (Å²) in [6.45, 7) is 0.398. The summed E-state index contributed by atoms with van der Waals surface area (Å²) in [6.07, 6.45) is 0.162. The molecule has 2 aromatic carbocycles. The maximum atomic E-state index is 12.4. The fourth-order valence-electron chi connectivity index (χ4n) is 2.38. The standard InChI is InChI=1S/C17H15Cl2N3O/c1-22(10-16-20-14-7-2-3-8-15(14)21-16)17(23)9-11-12(18)5-4-6-13(11)19/h2-8H,9-10H2,1H3,(H,20,21). The van der Waals surface area contributed by atoms with Crippen LogP contribution < -0.4 is 0 Å². The first-order valence-corrected chi connectivity index (χ1v) is 7.90. The molecule has 0 aliphatic carbocycles. The van der Waals surface area contributed by atoms with Crippen LogP contribution in [0.3, 0.4) is 0 Å².